The summed E-state index contributed by atoms with van der Waals surface area (Å²) in [6.45, 7) is 3.24. The Morgan fingerprint density at radius 3 is 2.27 bits per heavy atom. The van der Waals surface area contributed by atoms with Crippen LogP contribution >= 0.6 is 0 Å². The van der Waals surface area contributed by atoms with Crippen molar-refractivity contribution in [3.05, 3.63) is 59.7 Å². The van der Waals surface area contributed by atoms with Gasteiger partial charge in [0.2, 0.25) is 21.8 Å². The monoisotopic (exact) mass is 471 g/mol. The largest absolute Gasteiger partial charge is 0.497 e. The predicted molar refractivity (Wildman–Crippen MR) is 123 cm³/mol. The molecule has 8 nitrogen and oxygen atoms in total. The normalized spacial score (nSPS) is 19.2. The summed E-state index contributed by atoms with van der Waals surface area (Å²) < 4.78 is 32.5. The fourth-order valence-electron chi connectivity index (χ4n) is 4.62. The van der Waals surface area contributed by atoms with Crippen molar-refractivity contribution in [1.29, 1.82) is 0 Å². The summed E-state index contributed by atoms with van der Waals surface area (Å²) in [7, 11) is -2.11. The maximum absolute atomic E-state index is 13.1. The van der Waals surface area contributed by atoms with E-state index in [1.807, 2.05) is 24.3 Å². The minimum Gasteiger partial charge on any atom is -0.497 e. The fraction of sp³-hybridized carbons (Fsp3) is 0.417. The molecule has 33 heavy (non-hydrogen) atoms. The first kappa shape index (κ1) is 23.3. The molecular weight excluding hydrogens is 442 g/mol. The van der Waals surface area contributed by atoms with Gasteiger partial charge in [-0.05, 0) is 41.8 Å². The van der Waals surface area contributed by atoms with E-state index in [-0.39, 0.29) is 42.3 Å². The first-order chi connectivity index (χ1) is 15.8. The summed E-state index contributed by atoms with van der Waals surface area (Å²) >= 11 is 0. The number of carbonyl (C=O) groups is 2. The van der Waals surface area contributed by atoms with Crippen LogP contribution in [0.2, 0.25) is 0 Å². The highest BCUT2D eigenvalue weighted by atomic mass is 32.2. The quantitative estimate of drug-likeness (QED) is 0.666. The van der Waals surface area contributed by atoms with Crippen molar-refractivity contribution in [1.82, 2.24) is 14.1 Å². The average molecular weight is 472 g/mol. The van der Waals surface area contributed by atoms with Crippen LogP contribution < -0.4 is 4.74 Å². The van der Waals surface area contributed by atoms with Gasteiger partial charge in [-0.3, -0.25) is 9.59 Å². The van der Waals surface area contributed by atoms with Crippen LogP contribution in [0.25, 0.3) is 0 Å². The van der Waals surface area contributed by atoms with Gasteiger partial charge in [0.15, 0.2) is 0 Å². The van der Waals surface area contributed by atoms with Gasteiger partial charge in [0.1, 0.15) is 5.75 Å². The van der Waals surface area contributed by atoms with E-state index in [1.165, 1.54) is 36.0 Å². The summed E-state index contributed by atoms with van der Waals surface area (Å²) in [6.07, 6.45) is 0.976. The number of amides is 2. The molecule has 1 saturated heterocycles. The molecule has 2 amide bonds. The lowest BCUT2D eigenvalue weighted by molar-refractivity contribution is -0.137. The molecule has 1 atom stereocenters. The number of benzene rings is 2. The van der Waals surface area contributed by atoms with E-state index in [0.29, 0.717) is 25.4 Å². The van der Waals surface area contributed by atoms with Gasteiger partial charge in [-0.15, -0.1) is 0 Å². The highest BCUT2D eigenvalue weighted by Gasteiger charge is 2.34. The van der Waals surface area contributed by atoms with Crippen LogP contribution in [0.4, 0.5) is 0 Å². The Hall–Kier alpha value is -2.91. The van der Waals surface area contributed by atoms with E-state index in [0.717, 1.165) is 12.0 Å². The van der Waals surface area contributed by atoms with Crippen LogP contribution in [-0.2, 0) is 26.0 Å². The molecule has 176 valence electrons. The van der Waals surface area contributed by atoms with Gasteiger partial charge in [0, 0.05) is 39.6 Å². The molecule has 0 aromatic heterocycles. The number of fused-ring (bicyclic) bond motifs is 1. The molecule has 2 aliphatic rings. The molecule has 1 fully saturated rings. The third-order valence-electron chi connectivity index (χ3n) is 6.47. The predicted octanol–water partition coefficient (Wildman–Crippen LogP) is 2.06. The second kappa shape index (κ2) is 9.52. The summed E-state index contributed by atoms with van der Waals surface area (Å²) in [5.41, 5.74) is 2.19. The molecule has 0 radical (unpaired) electrons. The summed E-state index contributed by atoms with van der Waals surface area (Å²) in [4.78, 5) is 29.1. The first-order valence-electron chi connectivity index (χ1n) is 11.1. The molecule has 0 spiro atoms. The van der Waals surface area contributed by atoms with Crippen molar-refractivity contribution in [3.8, 4) is 5.75 Å². The van der Waals surface area contributed by atoms with Crippen molar-refractivity contribution < 1.29 is 22.7 Å². The Morgan fingerprint density at radius 2 is 1.64 bits per heavy atom. The summed E-state index contributed by atoms with van der Waals surface area (Å²) in [5, 5.41) is 0. The van der Waals surface area contributed by atoms with Crippen molar-refractivity contribution in [2.24, 2.45) is 0 Å². The fourth-order valence-corrected chi connectivity index (χ4v) is 6.04. The molecule has 0 saturated carbocycles. The van der Waals surface area contributed by atoms with E-state index in [2.05, 4.69) is 0 Å². The Kier molecular flexibility index (Phi) is 6.71. The molecule has 1 unspecified atom stereocenters. The van der Waals surface area contributed by atoms with Crippen LogP contribution in [-0.4, -0.2) is 74.2 Å². The smallest absolute Gasteiger partial charge is 0.243 e. The lowest BCUT2D eigenvalue weighted by atomic mass is 9.90. The Morgan fingerprint density at radius 1 is 0.970 bits per heavy atom. The summed E-state index contributed by atoms with van der Waals surface area (Å²) in [6, 6.07) is 14.0. The molecule has 2 aromatic rings. The lowest BCUT2D eigenvalue weighted by Crippen LogP contribution is -2.51. The van der Waals surface area contributed by atoms with Crippen LogP contribution in [0, 0.1) is 0 Å². The Bertz CT molecular complexity index is 1130. The van der Waals surface area contributed by atoms with Crippen molar-refractivity contribution in [2.45, 2.75) is 30.7 Å². The van der Waals surface area contributed by atoms with Gasteiger partial charge in [-0.2, -0.15) is 4.31 Å². The number of piperazine rings is 1. The van der Waals surface area contributed by atoms with Gasteiger partial charge in [0.25, 0.3) is 0 Å². The Labute approximate surface area is 194 Å². The molecule has 0 N–H and O–H groups in total. The number of carbonyl (C=O) groups excluding carboxylic acids is 2. The van der Waals surface area contributed by atoms with E-state index >= 15 is 0 Å². The van der Waals surface area contributed by atoms with Gasteiger partial charge in [-0.1, -0.05) is 24.3 Å². The maximum atomic E-state index is 13.1. The van der Waals surface area contributed by atoms with Crippen molar-refractivity contribution >= 4 is 21.8 Å². The number of ether oxygens (including phenoxy) is 1. The highest BCUT2D eigenvalue weighted by Crippen LogP contribution is 2.33. The van der Waals surface area contributed by atoms with Gasteiger partial charge < -0.3 is 14.5 Å². The van der Waals surface area contributed by atoms with Gasteiger partial charge >= 0.3 is 0 Å². The maximum Gasteiger partial charge on any atom is 0.243 e. The second-order valence-corrected chi connectivity index (χ2v) is 10.3. The molecule has 0 bridgehead atoms. The number of rotatable bonds is 5. The second-order valence-electron chi connectivity index (χ2n) is 8.34. The van der Waals surface area contributed by atoms with E-state index < -0.39 is 10.0 Å². The molecule has 2 aliphatic heterocycles. The molecule has 2 aromatic carbocycles. The summed E-state index contributed by atoms with van der Waals surface area (Å²) in [5.74, 6) is 0.482. The number of hydrogen-bond donors (Lipinski definition) is 0. The SMILES string of the molecule is COc1ccc(S(=O)(=O)N2CCN(C(=O)CC3c4ccccc4CCN3C(C)=O)CC2)cc1. The zero-order chi connectivity index (χ0) is 23.6. The van der Waals surface area contributed by atoms with Crippen LogP contribution in [0.5, 0.6) is 5.75 Å². The van der Waals surface area contributed by atoms with E-state index in [9.17, 15) is 18.0 Å². The minimum atomic E-state index is -3.64. The van der Waals surface area contributed by atoms with E-state index in [1.54, 1.807) is 21.9 Å². The molecule has 0 aliphatic carbocycles. The Balaban J connectivity index is 1.42. The van der Waals surface area contributed by atoms with Gasteiger partial charge in [-0.25, -0.2) is 8.42 Å². The number of sulfonamides is 1. The number of nitrogens with zero attached hydrogens (tertiary/aromatic N) is 3. The number of methoxy groups -OCH3 is 1. The van der Waals surface area contributed by atoms with E-state index in [4.69, 9.17) is 4.74 Å². The van der Waals surface area contributed by atoms with Crippen molar-refractivity contribution in [2.75, 3.05) is 39.8 Å². The first-order valence-corrected chi connectivity index (χ1v) is 12.5. The van der Waals surface area contributed by atoms with Crippen molar-refractivity contribution in [3.63, 3.8) is 0 Å². The average Bonchev–Trinajstić information content (AvgIpc) is 2.84. The third-order valence-corrected chi connectivity index (χ3v) is 8.39. The van der Waals surface area contributed by atoms with Crippen LogP contribution in [0.3, 0.4) is 0 Å². The zero-order valence-corrected chi connectivity index (χ0v) is 19.8. The highest BCUT2D eigenvalue weighted by molar-refractivity contribution is 7.89. The topological polar surface area (TPSA) is 87.2 Å². The molecule has 2 heterocycles. The van der Waals surface area contributed by atoms with Crippen LogP contribution in [0.15, 0.2) is 53.4 Å². The molecule has 9 heteroatoms. The third kappa shape index (κ3) is 4.74. The number of hydrogen-bond acceptors (Lipinski definition) is 5. The molecule has 4 rings (SSSR count). The molecular formula is C24H29N3O5S. The minimum absolute atomic E-state index is 0.0438. The zero-order valence-electron chi connectivity index (χ0n) is 18.9. The standard InChI is InChI=1S/C24H29N3O5S/c1-18(28)27-12-11-19-5-3-4-6-22(19)23(27)17-24(29)25-13-15-26(16-14-25)33(30,31)21-9-7-20(32-2)8-10-21/h3-10,23H,11-17H2,1-2H3. The van der Waals surface area contributed by atoms with Gasteiger partial charge in [0.05, 0.1) is 24.5 Å². The van der Waals surface area contributed by atoms with Crippen LogP contribution in [0.1, 0.15) is 30.5 Å². The lowest BCUT2D eigenvalue weighted by Gasteiger charge is -2.39.